The van der Waals surface area contributed by atoms with Crippen molar-refractivity contribution in [3.63, 3.8) is 0 Å². The maximum Gasteiger partial charge on any atom is 0.261 e. The molecular weight excluding hydrogens is 286 g/mol. The normalized spacial score (nSPS) is 11.4. The van der Waals surface area contributed by atoms with Gasteiger partial charge in [0.05, 0.1) is 4.90 Å². The second kappa shape index (κ2) is 5.92. The first kappa shape index (κ1) is 16.0. The number of halogens is 1. The predicted octanol–water partition coefficient (Wildman–Crippen LogP) is 2.68. The molecule has 1 N–H and O–H groups in total. The molecule has 0 spiro atoms. The molecule has 0 unspecified atom stereocenters. The molecule has 0 aromatic heterocycles. The summed E-state index contributed by atoms with van der Waals surface area (Å²) in [4.78, 5) is 12.1. The van der Waals surface area contributed by atoms with Crippen molar-refractivity contribution in [3.05, 3.63) is 28.3 Å². The summed E-state index contributed by atoms with van der Waals surface area (Å²) in [7, 11) is 1.58. The molecule has 4 nitrogen and oxygen atoms in total. The lowest BCUT2D eigenvalue weighted by Gasteiger charge is -2.15. The second-order valence-corrected chi connectivity index (χ2v) is 7.04. The molecule has 1 aromatic carbocycles. The van der Waals surface area contributed by atoms with Gasteiger partial charge in [-0.3, -0.25) is 4.79 Å². The maximum atomic E-state index is 12.1. The Bertz CT molecular complexity index is 609. The van der Waals surface area contributed by atoms with Crippen LogP contribution in [-0.4, -0.2) is 20.9 Å². The van der Waals surface area contributed by atoms with Crippen molar-refractivity contribution < 1.29 is 13.2 Å². The zero-order valence-corrected chi connectivity index (χ0v) is 13.1. The van der Waals surface area contributed by atoms with Crippen LogP contribution in [0.4, 0.5) is 0 Å². The predicted molar refractivity (Wildman–Crippen MR) is 76.3 cm³/mol. The van der Waals surface area contributed by atoms with Crippen molar-refractivity contribution in [2.75, 3.05) is 6.54 Å². The fourth-order valence-corrected chi connectivity index (χ4v) is 3.84. The highest BCUT2D eigenvalue weighted by Gasteiger charge is 2.23. The fraction of sp³-hybridized carbons (Fsp3) is 0.462. The third-order valence-corrected chi connectivity index (χ3v) is 4.49. The number of hydrogen-bond donors (Lipinski definition) is 1. The zero-order chi connectivity index (χ0) is 14.8. The molecule has 0 atom stereocenters. The van der Waals surface area contributed by atoms with Crippen molar-refractivity contribution >= 4 is 25.6 Å². The summed E-state index contributed by atoms with van der Waals surface area (Å²) in [6.45, 7) is 7.56. The first-order valence-electron chi connectivity index (χ1n) is 6.03. The van der Waals surface area contributed by atoms with Crippen LogP contribution in [0.2, 0.25) is 0 Å². The van der Waals surface area contributed by atoms with Gasteiger partial charge in [-0.05, 0) is 43.9 Å². The van der Waals surface area contributed by atoms with Crippen LogP contribution in [0, 0.1) is 20.8 Å². The first-order valence-corrected chi connectivity index (χ1v) is 8.34. The van der Waals surface area contributed by atoms with Crippen molar-refractivity contribution in [3.8, 4) is 0 Å². The third kappa shape index (κ3) is 3.48. The summed E-state index contributed by atoms with van der Waals surface area (Å²) in [5, 5.41) is 2.75. The highest BCUT2D eigenvalue weighted by Crippen LogP contribution is 2.28. The van der Waals surface area contributed by atoms with E-state index in [0.29, 0.717) is 23.2 Å². The standard InChI is InChI=1S/C13H18ClNO3S/c1-5-6-15-13(16)11-8(2)7-9(3)12(10(11)4)19(14,17)18/h7H,5-6H2,1-4H3,(H,15,16). The van der Waals surface area contributed by atoms with Crippen LogP contribution in [0.15, 0.2) is 11.0 Å². The Kier molecular flexibility index (Phi) is 4.98. The molecule has 0 aliphatic carbocycles. The summed E-state index contributed by atoms with van der Waals surface area (Å²) >= 11 is 0. The maximum absolute atomic E-state index is 12.1. The van der Waals surface area contributed by atoms with Gasteiger partial charge in [-0.1, -0.05) is 13.0 Å². The molecule has 0 aliphatic rings. The topological polar surface area (TPSA) is 63.2 Å². The number of aryl methyl sites for hydroxylation is 2. The lowest BCUT2D eigenvalue weighted by Crippen LogP contribution is -2.26. The molecule has 106 valence electrons. The average molecular weight is 304 g/mol. The summed E-state index contributed by atoms with van der Waals surface area (Å²) in [6, 6.07) is 1.67. The average Bonchev–Trinajstić information content (AvgIpc) is 2.23. The van der Waals surface area contributed by atoms with Gasteiger partial charge in [0.25, 0.3) is 15.0 Å². The molecule has 0 saturated carbocycles. The molecule has 0 aliphatic heterocycles. The van der Waals surface area contributed by atoms with Gasteiger partial charge >= 0.3 is 0 Å². The molecular formula is C13H18ClNO3S. The van der Waals surface area contributed by atoms with E-state index in [2.05, 4.69) is 5.32 Å². The molecule has 1 amide bonds. The summed E-state index contributed by atoms with van der Waals surface area (Å²) in [5.41, 5.74) is 2.09. The Labute approximate surface area is 118 Å². The van der Waals surface area contributed by atoms with E-state index < -0.39 is 9.05 Å². The van der Waals surface area contributed by atoms with Crippen molar-refractivity contribution in [1.82, 2.24) is 5.32 Å². The molecule has 19 heavy (non-hydrogen) atoms. The SMILES string of the molecule is CCCNC(=O)c1c(C)cc(C)c(S(=O)(=O)Cl)c1C. The minimum Gasteiger partial charge on any atom is -0.352 e. The number of amides is 1. The Morgan fingerprint density at radius 3 is 2.32 bits per heavy atom. The molecule has 6 heteroatoms. The highest BCUT2D eigenvalue weighted by atomic mass is 35.7. The lowest BCUT2D eigenvalue weighted by molar-refractivity contribution is 0.0952. The van der Waals surface area contributed by atoms with Gasteiger partial charge in [0.15, 0.2) is 0 Å². The van der Waals surface area contributed by atoms with Crippen molar-refractivity contribution in [2.24, 2.45) is 0 Å². The number of nitrogens with one attached hydrogen (secondary N) is 1. The van der Waals surface area contributed by atoms with Gasteiger partial charge in [0, 0.05) is 22.8 Å². The van der Waals surface area contributed by atoms with Crippen LogP contribution < -0.4 is 5.32 Å². The molecule has 0 bridgehead atoms. The Morgan fingerprint density at radius 2 is 1.84 bits per heavy atom. The summed E-state index contributed by atoms with van der Waals surface area (Å²) < 4.78 is 23.2. The molecule has 0 radical (unpaired) electrons. The molecule has 1 rings (SSSR count). The van der Waals surface area contributed by atoms with Crippen LogP contribution >= 0.6 is 10.7 Å². The Morgan fingerprint density at radius 1 is 1.26 bits per heavy atom. The second-order valence-electron chi connectivity index (χ2n) is 4.53. The Balaban J connectivity index is 3.46. The van der Waals surface area contributed by atoms with Gasteiger partial charge in [-0.2, -0.15) is 0 Å². The van der Waals surface area contributed by atoms with Crippen LogP contribution in [0.1, 0.15) is 40.4 Å². The van der Waals surface area contributed by atoms with E-state index >= 15 is 0 Å². The zero-order valence-electron chi connectivity index (χ0n) is 11.5. The van der Waals surface area contributed by atoms with Gasteiger partial charge in [0.2, 0.25) is 0 Å². The minimum absolute atomic E-state index is 0.0291. The van der Waals surface area contributed by atoms with E-state index in [1.165, 1.54) is 0 Å². The first-order chi connectivity index (χ1) is 8.70. The summed E-state index contributed by atoms with van der Waals surface area (Å²) in [5.74, 6) is -0.265. The molecule has 0 saturated heterocycles. The van der Waals surface area contributed by atoms with Crippen LogP contribution in [0.5, 0.6) is 0 Å². The summed E-state index contributed by atoms with van der Waals surface area (Å²) in [6.07, 6.45) is 0.816. The number of rotatable bonds is 4. The minimum atomic E-state index is -3.87. The van der Waals surface area contributed by atoms with E-state index in [1.54, 1.807) is 26.8 Å². The number of benzene rings is 1. The van der Waals surface area contributed by atoms with Crippen molar-refractivity contribution in [1.29, 1.82) is 0 Å². The van der Waals surface area contributed by atoms with E-state index in [1.807, 2.05) is 6.92 Å². The van der Waals surface area contributed by atoms with E-state index in [4.69, 9.17) is 10.7 Å². The quantitative estimate of drug-likeness (QED) is 0.870. The number of carbonyl (C=O) groups excluding carboxylic acids is 1. The van der Waals surface area contributed by atoms with E-state index in [9.17, 15) is 13.2 Å². The van der Waals surface area contributed by atoms with Gasteiger partial charge in [0.1, 0.15) is 0 Å². The molecule has 0 heterocycles. The monoisotopic (exact) mass is 303 g/mol. The van der Waals surface area contributed by atoms with Crippen LogP contribution in [0.25, 0.3) is 0 Å². The highest BCUT2D eigenvalue weighted by molar-refractivity contribution is 8.13. The molecule has 1 aromatic rings. The van der Waals surface area contributed by atoms with Crippen molar-refractivity contribution in [2.45, 2.75) is 39.0 Å². The lowest BCUT2D eigenvalue weighted by atomic mass is 9.99. The largest absolute Gasteiger partial charge is 0.352 e. The molecule has 0 fully saturated rings. The van der Waals surface area contributed by atoms with Gasteiger partial charge < -0.3 is 5.32 Å². The number of carbonyl (C=O) groups is 1. The van der Waals surface area contributed by atoms with Gasteiger partial charge in [-0.25, -0.2) is 8.42 Å². The Hall–Kier alpha value is -1.07. The van der Waals surface area contributed by atoms with E-state index in [0.717, 1.165) is 12.0 Å². The van der Waals surface area contributed by atoms with Crippen LogP contribution in [0.3, 0.4) is 0 Å². The van der Waals surface area contributed by atoms with Crippen LogP contribution in [-0.2, 0) is 9.05 Å². The smallest absolute Gasteiger partial charge is 0.261 e. The van der Waals surface area contributed by atoms with Gasteiger partial charge in [-0.15, -0.1) is 0 Å². The van der Waals surface area contributed by atoms with E-state index in [-0.39, 0.29) is 10.8 Å². The third-order valence-electron chi connectivity index (χ3n) is 2.91. The fourth-order valence-electron chi connectivity index (χ4n) is 2.22. The number of hydrogen-bond acceptors (Lipinski definition) is 3.